The number of benzene rings is 2. The van der Waals surface area contributed by atoms with Crippen LogP contribution in [0.2, 0.25) is 0 Å². The summed E-state index contributed by atoms with van der Waals surface area (Å²) in [7, 11) is 1.60. The van der Waals surface area contributed by atoms with Crippen LogP contribution in [0.3, 0.4) is 0 Å². The molecular weight excluding hydrogens is 316 g/mol. The van der Waals surface area contributed by atoms with Crippen molar-refractivity contribution >= 4 is 22.5 Å². The summed E-state index contributed by atoms with van der Waals surface area (Å²) < 4.78 is 6.44. The molecule has 0 aliphatic carbocycles. The van der Waals surface area contributed by atoms with E-state index in [-0.39, 0.29) is 17.9 Å². The van der Waals surface area contributed by atoms with Gasteiger partial charge in [-0.15, -0.1) is 0 Å². The molecule has 2 aromatic carbocycles. The van der Waals surface area contributed by atoms with Gasteiger partial charge in [-0.2, -0.15) is 0 Å². The third-order valence-corrected chi connectivity index (χ3v) is 4.22. The van der Waals surface area contributed by atoms with Crippen LogP contribution in [0.4, 0.5) is 5.69 Å². The molecule has 0 aliphatic heterocycles. The van der Waals surface area contributed by atoms with Crippen molar-refractivity contribution in [2.24, 2.45) is 0 Å². The van der Waals surface area contributed by atoms with Gasteiger partial charge in [0.2, 0.25) is 5.91 Å². The Morgan fingerprint density at radius 2 is 1.96 bits per heavy atom. The van der Waals surface area contributed by atoms with Crippen LogP contribution in [0.25, 0.3) is 10.9 Å². The lowest BCUT2D eigenvalue weighted by atomic mass is 10.1. The van der Waals surface area contributed by atoms with Crippen LogP contribution < -0.4 is 16.0 Å². The van der Waals surface area contributed by atoms with Gasteiger partial charge in [-0.3, -0.25) is 9.59 Å². The van der Waals surface area contributed by atoms with Crippen LogP contribution in [0.15, 0.2) is 53.3 Å². The van der Waals surface area contributed by atoms with Crippen molar-refractivity contribution in [2.75, 3.05) is 12.8 Å². The van der Waals surface area contributed by atoms with Gasteiger partial charge in [-0.05, 0) is 54.6 Å². The van der Waals surface area contributed by atoms with Crippen LogP contribution in [0.1, 0.15) is 22.3 Å². The molecule has 0 saturated carbocycles. The van der Waals surface area contributed by atoms with E-state index in [9.17, 15) is 9.59 Å². The summed E-state index contributed by atoms with van der Waals surface area (Å²) in [5.74, 6) is 0.503. The van der Waals surface area contributed by atoms with Crippen LogP contribution in [-0.2, 0) is 6.42 Å². The Hall–Kier alpha value is -3.08. The van der Waals surface area contributed by atoms with Crippen LogP contribution >= 0.6 is 0 Å². The zero-order valence-electron chi connectivity index (χ0n) is 14.3. The van der Waals surface area contributed by atoms with Crippen LogP contribution in [0.5, 0.6) is 5.75 Å². The Kier molecular flexibility index (Phi) is 4.57. The minimum Gasteiger partial charge on any atom is -0.497 e. The summed E-state index contributed by atoms with van der Waals surface area (Å²) >= 11 is 0. The monoisotopic (exact) mass is 336 g/mol. The third-order valence-electron chi connectivity index (χ3n) is 4.22. The maximum atomic E-state index is 12.8. The maximum absolute atomic E-state index is 12.8. The number of hydrogen-bond acceptors (Lipinski definition) is 4. The van der Waals surface area contributed by atoms with Gasteiger partial charge in [-0.25, -0.2) is 4.57 Å². The molecule has 3 rings (SSSR count). The lowest BCUT2D eigenvalue weighted by Gasteiger charge is -2.11. The number of methoxy groups -OCH3 is 1. The van der Waals surface area contributed by atoms with Gasteiger partial charge in [0, 0.05) is 17.7 Å². The molecule has 0 amide bonds. The zero-order valence-corrected chi connectivity index (χ0v) is 14.3. The van der Waals surface area contributed by atoms with E-state index in [1.807, 2.05) is 30.3 Å². The first-order valence-electron chi connectivity index (χ1n) is 8.07. The number of ether oxygens (including phenoxy) is 1. The minimum absolute atomic E-state index is 0.223. The van der Waals surface area contributed by atoms with E-state index in [1.165, 1.54) is 4.57 Å². The highest BCUT2D eigenvalue weighted by molar-refractivity contribution is 5.93. The Morgan fingerprint density at radius 1 is 1.16 bits per heavy atom. The Labute approximate surface area is 145 Å². The standard InChI is InChI=1S/C20H20N2O3/c1-13-10-15-7-8-16(21)12-18(15)22(20(13)24)19(23)9-6-14-4-3-5-17(11-14)25-2/h3-5,7-8,10-12H,6,9,21H2,1-2H3. The Balaban J connectivity index is 1.95. The molecule has 0 spiro atoms. The van der Waals surface area contributed by atoms with Crippen molar-refractivity contribution in [1.29, 1.82) is 0 Å². The zero-order chi connectivity index (χ0) is 18.0. The summed E-state index contributed by atoms with van der Waals surface area (Å²) in [5, 5.41) is 0.820. The second-order valence-electron chi connectivity index (χ2n) is 6.03. The lowest BCUT2D eigenvalue weighted by molar-refractivity contribution is 0.0904. The molecule has 0 unspecified atom stereocenters. The minimum atomic E-state index is -0.297. The number of carbonyl (C=O) groups excluding carboxylic acids is 1. The molecule has 5 nitrogen and oxygen atoms in total. The fraction of sp³-hybridized carbons (Fsp3) is 0.200. The molecule has 0 atom stereocenters. The SMILES string of the molecule is COc1cccc(CCC(=O)n2c(=O)c(C)cc3ccc(N)cc32)c1. The smallest absolute Gasteiger partial charge is 0.260 e. The quantitative estimate of drug-likeness (QED) is 0.743. The van der Waals surface area contributed by atoms with Crippen LogP contribution in [-0.4, -0.2) is 17.6 Å². The number of nitrogens with zero attached hydrogens (tertiary/aromatic N) is 1. The summed E-state index contributed by atoms with van der Waals surface area (Å²) in [6.07, 6.45) is 0.751. The molecular formula is C20H20N2O3. The number of aromatic nitrogens is 1. The normalized spacial score (nSPS) is 10.8. The van der Waals surface area contributed by atoms with Crippen molar-refractivity contribution in [2.45, 2.75) is 19.8 Å². The van der Waals surface area contributed by atoms with Gasteiger partial charge in [0.25, 0.3) is 5.56 Å². The Morgan fingerprint density at radius 3 is 2.72 bits per heavy atom. The summed E-state index contributed by atoms with van der Waals surface area (Å²) in [6.45, 7) is 1.71. The second kappa shape index (κ2) is 6.81. The van der Waals surface area contributed by atoms with E-state index in [2.05, 4.69) is 0 Å². The van der Waals surface area contributed by atoms with Crippen molar-refractivity contribution in [1.82, 2.24) is 4.57 Å². The number of carbonyl (C=O) groups is 1. The highest BCUT2D eigenvalue weighted by atomic mass is 16.5. The first kappa shape index (κ1) is 16.8. The second-order valence-corrected chi connectivity index (χ2v) is 6.03. The average molecular weight is 336 g/mol. The Bertz CT molecular complexity index is 1010. The van der Waals surface area contributed by atoms with Crippen LogP contribution in [0, 0.1) is 6.92 Å². The molecule has 1 heterocycles. The fourth-order valence-corrected chi connectivity index (χ4v) is 2.90. The van der Waals surface area contributed by atoms with E-state index in [0.29, 0.717) is 23.2 Å². The number of fused-ring (bicyclic) bond motifs is 1. The van der Waals surface area contributed by atoms with Crippen molar-refractivity contribution in [3.63, 3.8) is 0 Å². The number of anilines is 1. The van der Waals surface area contributed by atoms with E-state index < -0.39 is 0 Å². The van der Waals surface area contributed by atoms with Gasteiger partial charge in [0.15, 0.2) is 0 Å². The number of nitrogens with two attached hydrogens (primary N) is 1. The fourth-order valence-electron chi connectivity index (χ4n) is 2.90. The predicted octanol–water partition coefficient (Wildman–Crippen LogP) is 3.17. The molecule has 5 heteroatoms. The van der Waals surface area contributed by atoms with E-state index >= 15 is 0 Å². The third kappa shape index (κ3) is 3.40. The van der Waals surface area contributed by atoms with E-state index in [1.54, 1.807) is 32.2 Å². The van der Waals surface area contributed by atoms with Gasteiger partial charge < -0.3 is 10.5 Å². The highest BCUT2D eigenvalue weighted by Gasteiger charge is 2.14. The molecule has 2 N–H and O–H groups in total. The average Bonchev–Trinajstić information content (AvgIpc) is 2.61. The van der Waals surface area contributed by atoms with Gasteiger partial charge in [0.1, 0.15) is 5.75 Å². The number of aryl methyl sites for hydroxylation is 2. The van der Waals surface area contributed by atoms with E-state index in [0.717, 1.165) is 16.7 Å². The largest absolute Gasteiger partial charge is 0.497 e. The number of pyridine rings is 1. The maximum Gasteiger partial charge on any atom is 0.260 e. The van der Waals surface area contributed by atoms with Crippen molar-refractivity contribution in [3.05, 3.63) is 70.0 Å². The summed E-state index contributed by atoms with van der Waals surface area (Å²) in [4.78, 5) is 25.3. The molecule has 0 fully saturated rings. The number of hydrogen-bond donors (Lipinski definition) is 1. The molecule has 1 aromatic heterocycles. The molecule has 25 heavy (non-hydrogen) atoms. The van der Waals surface area contributed by atoms with Gasteiger partial charge in [0.05, 0.1) is 12.6 Å². The van der Waals surface area contributed by atoms with Gasteiger partial charge in [-0.1, -0.05) is 18.2 Å². The van der Waals surface area contributed by atoms with Crippen molar-refractivity contribution < 1.29 is 9.53 Å². The summed E-state index contributed by atoms with van der Waals surface area (Å²) in [6, 6.07) is 14.6. The molecule has 0 saturated heterocycles. The number of rotatable bonds is 4. The molecule has 0 radical (unpaired) electrons. The molecule has 0 aliphatic rings. The lowest BCUT2D eigenvalue weighted by Crippen LogP contribution is -2.28. The van der Waals surface area contributed by atoms with E-state index in [4.69, 9.17) is 10.5 Å². The predicted molar refractivity (Wildman–Crippen MR) is 99.3 cm³/mol. The van der Waals surface area contributed by atoms with Crippen molar-refractivity contribution in [3.8, 4) is 5.75 Å². The molecule has 3 aromatic rings. The molecule has 0 bridgehead atoms. The first-order chi connectivity index (χ1) is 12.0. The molecule has 128 valence electrons. The highest BCUT2D eigenvalue weighted by Crippen LogP contribution is 2.18. The first-order valence-corrected chi connectivity index (χ1v) is 8.07. The summed E-state index contributed by atoms with van der Waals surface area (Å²) in [5.41, 5.74) is 8.12. The van der Waals surface area contributed by atoms with Gasteiger partial charge >= 0.3 is 0 Å². The number of nitrogen functional groups attached to an aromatic ring is 1. The topological polar surface area (TPSA) is 74.3 Å².